The first-order valence-electron chi connectivity index (χ1n) is 10.5. The van der Waals surface area contributed by atoms with E-state index in [0.29, 0.717) is 29.2 Å². The quantitative estimate of drug-likeness (QED) is 0.444. The number of thiophene rings is 1. The summed E-state index contributed by atoms with van der Waals surface area (Å²) in [5, 5.41) is 4.76. The number of carbonyl (C=O) groups is 3. The average molecular weight is 466 g/mol. The van der Waals surface area contributed by atoms with Gasteiger partial charge in [0.1, 0.15) is 5.54 Å². The fraction of sp³-hybridized carbons (Fsp3) is 0.292. The highest BCUT2D eigenvalue weighted by atomic mass is 32.1. The Hall–Kier alpha value is -3.59. The summed E-state index contributed by atoms with van der Waals surface area (Å²) in [5.74, 6) is 0.346. The molecule has 1 aromatic carbocycles. The average Bonchev–Trinajstić information content (AvgIpc) is 3.56. The van der Waals surface area contributed by atoms with E-state index in [9.17, 15) is 14.4 Å². The van der Waals surface area contributed by atoms with Crippen LogP contribution in [-0.4, -0.2) is 40.5 Å². The zero-order valence-corrected chi connectivity index (χ0v) is 19.3. The number of nitrogens with one attached hydrogen (secondary N) is 1. The molecule has 2 aromatic heterocycles. The Bertz CT molecular complexity index is 1280. The fourth-order valence-electron chi connectivity index (χ4n) is 4.36. The fourth-order valence-corrected chi connectivity index (χ4v) is 5.05. The van der Waals surface area contributed by atoms with Crippen molar-refractivity contribution in [1.29, 1.82) is 0 Å². The van der Waals surface area contributed by atoms with Gasteiger partial charge in [-0.25, -0.2) is 4.79 Å². The number of aromatic nitrogens is 1. The van der Waals surface area contributed by atoms with Crippen molar-refractivity contribution in [2.75, 3.05) is 13.3 Å². The normalized spacial score (nSPS) is 19.3. The predicted octanol–water partition coefficient (Wildman–Crippen LogP) is 3.59. The summed E-state index contributed by atoms with van der Waals surface area (Å²) >= 11 is 1.66. The second-order valence-corrected chi connectivity index (χ2v) is 9.42. The van der Waals surface area contributed by atoms with E-state index in [4.69, 9.17) is 9.47 Å². The van der Waals surface area contributed by atoms with Gasteiger partial charge < -0.3 is 19.4 Å². The summed E-state index contributed by atoms with van der Waals surface area (Å²) in [7, 11) is 0. The third-order valence-electron chi connectivity index (χ3n) is 6.29. The lowest BCUT2D eigenvalue weighted by atomic mass is 9.91. The molecule has 0 bridgehead atoms. The van der Waals surface area contributed by atoms with Crippen LogP contribution in [0.5, 0.6) is 11.5 Å². The van der Waals surface area contributed by atoms with Crippen LogP contribution in [0.25, 0.3) is 0 Å². The van der Waals surface area contributed by atoms with Gasteiger partial charge in [-0.15, -0.1) is 11.3 Å². The minimum absolute atomic E-state index is 0.112. The largest absolute Gasteiger partial charge is 0.454 e. The highest BCUT2D eigenvalue weighted by Crippen LogP contribution is 2.38. The number of rotatable bonds is 6. The van der Waals surface area contributed by atoms with Crippen molar-refractivity contribution in [3.05, 3.63) is 69.2 Å². The molecule has 3 aromatic rings. The van der Waals surface area contributed by atoms with Crippen molar-refractivity contribution in [3.8, 4) is 11.5 Å². The highest BCUT2D eigenvalue weighted by Gasteiger charge is 2.50. The Balaban J connectivity index is 1.37. The number of urea groups is 1. The molecule has 1 fully saturated rings. The summed E-state index contributed by atoms with van der Waals surface area (Å²) in [6.07, 6.45) is 0. The van der Waals surface area contributed by atoms with Gasteiger partial charge in [0, 0.05) is 21.8 Å². The molecule has 0 aliphatic carbocycles. The van der Waals surface area contributed by atoms with Crippen molar-refractivity contribution < 1.29 is 23.9 Å². The minimum atomic E-state index is -1.30. The Morgan fingerprint density at radius 2 is 1.94 bits per heavy atom. The molecule has 0 unspecified atom stereocenters. The molecule has 0 saturated carbocycles. The molecule has 170 valence electrons. The van der Waals surface area contributed by atoms with Gasteiger partial charge in [0.2, 0.25) is 6.79 Å². The van der Waals surface area contributed by atoms with Crippen molar-refractivity contribution in [1.82, 2.24) is 14.8 Å². The summed E-state index contributed by atoms with van der Waals surface area (Å²) in [4.78, 5) is 41.3. The minimum Gasteiger partial charge on any atom is -0.454 e. The third-order valence-corrected chi connectivity index (χ3v) is 7.16. The number of aryl methyl sites for hydroxylation is 1. The van der Waals surface area contributed by atoms with E-state index in [2.05, 4.69) is 16.0 Å². The molecule has 2 aliphatic heterocycles. The van der Waals surface area contributed by atoms with Gasteiger partial charge in [-0.1, -0.05) is 12.1 Å². The second kappa shape index (κ2) is 7.77. The molecule has 9 heteroatoms. The lowest BCUT2D eigenvalue weighted by molar-refractivity contribution is -0.130. The van der Waals surface area contributed by atoms with E-state index in [1.807, 2.05) is 31.4 Å². The SMILES string of the molecule is Cc1cc(C(=O)CN2C(=O)N[C@@](C)(c3ccc4c(c3)OCO4)C2=O)c(C)n1Cc1cccs1. The first-order valence-corrected chi connectivity index (χ1v) is 11.4. The molecule has 1 saturated heterocycles. The van der Waals surface area contributed by atoms with Crippen LogP contribution in [0.2, 0.25) is 0 Å². The number of benzene rings is 1. The van der Waals surface area contributed by atoms with Gasteiger partial charge in [0.25, 0.3) is 5.91 Å². The molecular formula is C24H23N3O5S. The lowest BCUT2D eigenvalue weighted by Crippen LogP contribution is -2.41. The Labute approximate surface area is 194 Å². The van der Waals surface area contributed by atoms with Crippen LogP contribution in [0, 0.1) is 13.8 Å². The van der Waals surface area contributed by atoms with Crippen molar-refractivity contribution >= 4 is 29.1 Å². The summed E-state index contributed by atoms with van der Waals surface area (Å²) < 4.78 is 12.8. The number of hydrogen-bond acceptors (Lipinski definition) is 6. The first-order chi connectivity index (χ1) is 15.8. The van der Waals surface area contributed by atoms with Gasteiger partial charge in [0.15, 0.2) is 17.3 Å². The van der Waals surface area contributed by atoms with Gasteiger partial charge in [-0.2, -0.15) is 0 Å². The van der Waals surface area contributed by atoms with Crippen LogP contribution in [0.3, 0.4) is 0 Å². The number of imide groups is 1. The number of ketones is 1. The molecule has 1 atom stereocenters. The standard InChI is InChI=1S/C24H23N3O5S/c1-14-9-18(15(2)26(14)11-17-5-4-8-33-17)19(28)12-27-22(29)24(3,25-23(27)30)16-6-7-20-21(10-16)32-13-31-20/h4-10H,11-13H2,1-3H3,(H,25,30)/t24-/m0/s1. The highest BCUT2D eigenvalue weighted by molar-refractivity contribution is 7.09. The third kappa shape index (κ3) is 3.48. The Kier molecular flexibility index (Phi) is 5.01. The van der Waals surface area contributed by atoms with E-state index >= 15 is 0 Å². The van der Waals surface area contributed by atoms with Crippen molar-refractivity contribution in [2.24, 2.45) is 0 Å². The molecule has 1 N–H and O–H groups in total. The van der Waals surface area contributed by atoms with Crippen LogP contribution in [0.4, 0.5) is 4.79 Å². The molecule has 4 heterocycles. The van der Waals surface area contributed by atoms with Crippen molar-refractivity contribution in [3.63, 3.8) is 0 Å². The summed E-state index contributed by atoms with van der Waals surface area (Å²) in [6.45, 7) is 5.92. The van der Waals surface area contributed by atoms with Crippen LogP contribution < -0.4 is 14.8 Å². The number of ether oxygens (including phenoxy) is 2. The van der Waals surface area contributed by atoms with E-state index in [0.717, 1.165) is 16.3 Å². The van der Waals surface area contributed by atoms with Gasteiger partial charge in [-0.3, -0.25) is 14.5 Å². The zero-order valence-electron chi connectivity index (χ0n) is 18.5. The molecular weight excluding hydrogens is 442 g/mol. The van der Waals surface area contributed by atoms with E-state index < -0.39 is 17.5 Å². The van der Waals surface area contributed by atoms with Crippen LogP contribution in [-0.2, 0) is 16.9 Å². The molecule has 0 radical (unpaired) electrons. The van der Waals surface area contributed by atoms with Crippen molar-refractivity contribution in [2.45, 2.75) is 32.9 Å². The number of Topliss-reactive ketones (excluding diaryl/α,β-unsaturated/α-hetero) is 1. The predicted molar refractivity (Wildman–Crippen MR) is 122 cm³/mol. The topological polar surface area (TPSA) is 89.9 Å². The van der Waals surface area contributed by atoms with E-state index in [1.54, 1.807) is 36.5 Å². The summed E-state index contributed by atoms with van der Waals surface area (Å²) in [6, 6.07) is 10.4. The number of nitrogens with zero attached hydrogens (tertiary/aromatic N) is 2. The van der Waals surface area contributed by atoms with Gasteiger partial charge >= 0.3 is 6.03 Å². The summed E-state index contributed by atoms with van der Waals surface area (Å²) in [5.41, 5.74) is 1.55. The zero-order chi connectivity index (χ0) is 23.3. The maximum absolute atomic E-state index is 13.3. The van der Waals surface area contributed by atoms with E-state index in [-0.39, 0.29) is 19.1 Å². The van der Waals surface area contributed by atoms with Gasteiger partial charge in [-0.05, 0) is 56.0 Å². The molecule has 0 spiro atoms. The number of amides is 3. The smallest absolute Gasteiger partial charge is 0.325 e. The maximum atomic E-state index is 13.3. The molecule has 8 nitrogen and oxygen atoms in total. The number of hydrogen-bond donors (Lipinski definition) is 1. The first kappa shape index (κ1) is 21.3. The second-order valence-electron chi connectivity index (χ2n) is 8.39. The van der Waals surface area contributed by atoms with Crippen LogP contribution in [0.15, 0.2) is 41.8 Å². The Morgan fingerprint density at radius 1 is 1.15 bits per heavy atom. The molecule has 2 aliphatic rings. The number of carbonyl (C=O) groups excluding carboxylic acids is 3. The lowest BCUT2D eigenvalue weighted by Gasteiger charge is -2.22. The van der Waals surface area contributed by atoms with E-state index in [1.165, 1.54) is 4.88 Å². The maximum Gasteiger partial charge on any atom is 0.325 e. The molecule has 3 amide bonds. The molecule has 5 rings (SSSR count). The van der Waals surface area contributed by atoms with Gasteiger partial charge in [0.05, 0.1) is 13.1 Å². The number of fused-ring (bicyclic) bond motifs is 1. The van der Waals surface area contributed by atoms with Crippen LogP contribution >= 0.6 is 11.3 Å². The Morgan fingerprint density at radius 3 is 2.70 bits per heavy atom. The monoisotopic (exact) mass is 465 g/mol. The van der Waals surface area contributed by atoms with Crippen LogP contribution in [0.1, 0.15) is 39.1 Å². The molecule has 33 heavy (non-hydrogen) atoms.